The van der Waals surface area contributed by atoms with Crippen molar-refractivity contribution in [1.82, 2.24) is 10.2 Å². The Bertz CT molecular complexity index is 898. The number of thiophene rings is 3. The first-order valence-electron chi connectivity index (χ1n) is 9.93. The molecule has 3 heterocycles. The molecule has 1 saturated carbocycles. The number of carbonyl (C=O) groups is 2. The molecule has 0 radical (unpaired) electrons. The average molecular weight is 445 g/mol. The predicted octanol–water partition coefficient (Wildman–Crippen LogP) is 5.70. The largest absolute Gasteiger partial charge is 0.351 e. The van der Waals surface area contributed by atoms with Crippen molar-refractivity contribution in [2.45, 2.75) is 50.7 Å². The van der Waals surface area contributed by atoms with Crippen LogP contribution in [-0.2, 0) is 11.3 Å². The van der Waals surface area contributed by atoms with Crippen LogP contribution in [0.4, 0.5) is 0 Å². The molecule has 152 valence electrons. The molecule has 1 fully saturated rings. The minimum atomic E-state index is -0.617. The normalized spacial score (nSPS) is 15.7. The first-order valence-corrected chi connectivity index (χ1v) is 12.6. The summed E-state index contributed by atoms with van der Waals surface area (Å²) >= 11 is 4.56. The van der Waals surface area contributed by atoms with Gasteiger partial charge in [-0.3, -0.25) is 9.59 Å². The number of hydrogen-bond donors (Lipinski definition) is 1. The van der Waals surface area contributed by atoms with Gasteiger partial charge in [-0.2, -0.15) is 0 Å². The third kappa shape index (κ3) is 4.97. The average Bonchev–Trinajstić information content (AvgIpc) is 3.51. The van der Waals surface area contributed by atoms with E-state index in [1.165, 1.54) is 29.1 Å². The quantitative estimate of drug-likeness (QED) is 0.508. The molecule has 4 rings (SSSR count). The Morgan fingerprint density at radius 1 is 0.966 bits per heavy atom. The SMILES string of the molecule is O=C(NC1CCCCC1)[C@@H](c1cccs1)N(Cc1cccs1)C(=O)c1cccs1. The Balaban J connectivity index is 1.65. The minimum Gasteiger partial charge on any atom is -0.351 e. The summed E-state index contributed by atoms with van der Waals surface area (Å²) in [6.45, 7) is 0.426. The molecule has 3 aromatic rings. The van der Waals surface area contributed by atoms with Gasteiger partial charge >= 0.3 is 0 Å². The Hall–Kier alpha value is -1.96. The number of hydrogen-bond acceptors (Lipinski definition) is 5. The van der Waals surface area contributed by atoms with Crippen LogP contribution in [-0.4, -0.2) is 22.8 Å². The number of carbonyl (C=O) groups excluding carboxylic acids is 2. The summed E-state index contributed by atoms with van der Waals surface area (Å²) in [6.07, 6.45) is 5.59. The van der Waals surface area contributed by atoms with Crippen molar-refractivity contribution >= 4 is 45.8 Å². The van der Waals surface area contributed by atoms with E-state index in [2.05, 4.69) is 5.32 Å². The van der Waals surface area contributed by atoms with Crippen LogP contribution in [0.25, 0.3) is 0 Å². The van der Waals surface area contributed by atoms with Crippen LogP contribution in [0.2, 0.25) is 0 Å². The molecule has 3 aromatic heterocycles. The third-order valence-corrected chi connectivity index (χ3v) is 7.87. The Kier molecular flexibility index (Phi) is 6.79. The van der Waals surface area contributed by atoms with Crippen molar-refractivity contribution in [2.75, 3.05) is 0 Å². The first kappa shape index (κ1) is 20.3. The van der Waals surface area contributed by atoms with Gasteiger partial charge in [0.1, 0.15) is 6.04 Å². The van der Waals surface area contributed by atoms with Crippen LogP contribution in [0.5, 0.6) is 0 Å². The van der Waals surface area contributed by atoms with Crippen molar-refractivity contribution in [3.63, 3.8) is 0 Å². The summed E-state index contributed by atoms with van der Waals surface area (Å²) in [4.78, 5) is 31.3. The lowest BCUT2D eigenvalue weighted by atomic mass is 9.95. The molecule has 0 aromatic carbocycles. The molecule has 1 aliphatic rings. The molecule has 0 spiro atoms. The lowest BCUT2D eigenvalue weighted by Crippen LogP contribution is -2.46. The molecule has 0 unspecified atom stereocenters. The molecule has 1 aliphatic carbocycles. The zero-order valence-electron chi connectivity index (χ0n) is 16.1. The highest BCUT2D eigenvalue weighted by Crippen LogP contribution is 2.31. The summed E-state index contributed by atoms with van der Waals surface area (Å²) in [5.74, 6) is -0.161. The van der Waals surface area contributed by atoms with Crippen molar-refractivity contribution in [2.24, 2.45) is 0 Å². The van der Waals surface area contributed by atoms with Gasteiger partial charge in [-0.1, -0.05) is 37.5 Å². The maximum Gasteiger partial charge on any atom is 0.265 e. The topological polar surface area (TPSA) is 49.4 Å². The van der Waals surface area contributed by atoms with Crippen molar-refractivity contribution in [3.05, 3.63) is 67.2 Å². The lowest BCUT2D eigenvalue weighted by molar-refractivity contribution is -0.127. The van der Waals surface area contributed by atoms with Crippen molar-refractivity contribution < 1.29 is 9.59 Å². The molecule has 0 bridgehead atoms. The summed E-state index contributed by atoms with van der Waals surface area (Å²) in [6, 6.07) is 11.2. The molecular formula is C22H24N2O2S3. The van der Waals surface area contributed by atoms with Gasteiger partial charge in [0, 0.05) is 15.8 Å². The van der Waals surface area contributed by atoms with Gasteiger partial charge in [0.15, 0.2) is 0 Å². The van der Waals surface area contributed by atoms with Gasteiger partial charge < -0.3 is 10.2 Å². The van der Waals surface area contributed by atoms with Crippen LogP contribution in [0.15, 0.2) is 52.5 Å². The van der Waals surface area contributed by atoms with Crippen molar-refractivity contribution in [1.29, 1.82) is 0 Å². The van der Waals surface area contributed by atoms with E-state index in [9.17, 15) is 9.59 Å². The van der Waals surface area contributed by atoms with Crippen LogP contribution in [0.3, 0.4) is 0 Å². The Labute approximate surface area is 183 Å². The fourth-order valence-corrected chi connectivity index (χ4v) is 6.01. The molecule has 29 heavy (non-hydrogen) atoms. The second kappa shape index (κ2) is 9.69. The second-order valence-electron chi connectivity index (χ2n) is 7.25. The van der Waals surface area contributed by atoms with Gasteiger partial charge in [0.2, 0.25) is 5.91 Å². The lowest BCUT2D eigenvalue weighted by Gasteiger charge is -2.32. The molecular weight excluding hydrogens is 420 g/mol. The first-order chi connectivity index (χ1) is 14.2. The summed E-state index contributed by atoms with van der Waals surface area (Å²) in [5, 5.41) is 9.12. The minimum absolute atomic E-state index is 0.0687. The van der Waals surface area contributed by atoms with E-state index < -0.39 is 6.04 Å². The van der Waals surface area contributed by atoms with E-state index >= 15 is 0 Å². The summed E-state index contributed by atoms with van der Waals surface area (Å²) in [7, 11) is 0. The second-order valence-corrected chi connectivity index (χ2v) is 10.2. The van der Waals surface area contributed by atoms with Gasteiger partial charge in [-0.05, 0) is 47.2 Å². The molecule has 4 nitrogen and oxygen atoms in total. The highest BCUT2D eigenvalue weighted by atomic mass is 32.1. The van der Waals surface area contributed by atoms with E-state index in [0.29, 0.717) is 11.4 Å². The van der Waals surface area contributed by atoms with Gasteiger partial charge in [-0.25, -0.2) is 0 Å². The molecule has 7 heteroatoms. The Morgan fingerprint density at radius 3 is 2.34 bits per heavy atom. The van der Waals surface area contributed by atoms with E-state index in [0.717, 1.165) is 35.4 Å². The van der Waals surface area contributed by atoms with Crippen LogP contribution < -0.4 is 5.32 Å². The Morgan fingerprint density at radius 2 is 1.69 bits per heavy atom. The van der Waals surface area contributed by atoms with Crippen LogP contribution in [0.1, 0.15) is 57.6 Å². The van der Waals surface area contributed by atoms with E-state index in [-0.39, 0.29) is 17.9 Å². The molecule has 1 N–H and O–H groups in total. The fraction of sp³-hybridized carbons (Fsp3) is 0.364. The number of nitrogens with one attached hydrogen (secondary N) is 1. The maximum absolute atomic E-state index is 13.5. The standard InChI is InChI=1S/C22H24N2O2S3/c25-21(23-16-7-2-1-3-8-16)20(18-10-5-13-28-18)24(15-17-9-4-12-27-17)22(26)19-11-6-14-29-19/h4-6,9-14,16,20H,1-3,7-8,15H2,(H,23,25)/t20-/m1/s1. The van der Waals surface area contributed by atoms with E-state index in [4.69, 9.17) is 0 Å². The zero-order valence-corrected chi connectivity index (χ0v) is 18.5. The smallest absolute Gasteiger partial charge is 0.265 e. The predicted molar refractivity (Wildman–Crippen MR) is 121 cm³/mol. The van der Waals surface area contributed by atoms with Crippen LogP contribution in [0, 0.1) is 0 Å². The highest BCUT2D eigenvalue weighted by Gasteiger charge is 2.34. The van der Waals surface area contributed by atoms with Gasteiger partial charge in [0.05, 0.1) is 11.4 Å². The number of amides is 2. The maximum atomic E-state index is 13.5. The van der Waals surface area contributed by atoms with Gasteiger partial charge in [0.25, 0.3) is 5.91 Å². The van der Waals surface area contributed by atoms with E-state index in [1.54, 1.807) is 16.2 Å². The molecule has 0 saturated heterocycles. The molecule has 1 atom stereocenters. The summed E-state index contributed by atoms with van der Waals surface area (Å²) in [5.41, 5.74) is 0. The zero-order chi connectivity index (χ0) is 20.1. The fourth-order valence-electron chi connectivity index (χ4n) is 3.79. The van der Waals surface area contributed by atoms with E-state index in [1.807, 2.05) is 52.5 Å². The number of nitrogens with zero attached hydrogens (tertiary/aromatic N) is 1. The monoisotopic (exact) mass is 444 g/mol. The number of rotatable bonds is 7. The molecule has 2 amide bonds. The summed E-state index contributed by atoms with van der Waals surface area (Å²) < 4.78 is 0. The van der Waals surface area contributed by atoms with Gasteiger partial charge in [-0.15, -0.1) is 34.0 Å². The van der Waals surface area contributed by atoms with Crippen molar-refractivity contribution in [3.8, 4) is 0 Å². The highest BCUT2D eigenvalue weighted by molar-refractivity contribution is 7.12. The van der Waals surface area contributed by atoms with Crippen LogP contribution >= 0.6 is 34.0 Å². The third-order valence-electron chi connectivity index (χ3n) is 5.22. The molecule has 0 aliphatic heterocycles.